The number of nitrogens with zero attached hydrogens (tertiary/aromatic N) is 3. The molecule has 5 nitrogen and oxygen atoms in total. The van der Waals surface area contributed by atoms with Crippen molar-refractivity contribution < 1.29 is 8.42 Å². The first-order chi connectivity index (χ1) is 11.0. The van der Waals surface area contributed by atoms with Crippen molar-refractivity contribution in [2.75, 3.05) is 13.6 Å². The van der Waals surface area contributed by atoms with E-state index in [0.29, 0.717) is 6.54 Å². The molecule has 0 spiro atoms. The molecule has 0 saturated carbocycles. The Morgan fingerprint density at radius 1 is 1.43 bits per heavy atom. The molecule has 0 aromatic heterocycles. The maximum Gasteiger partial charge on any atom is 0.282 e. The standard InChI is InChI=1S/C17H23N3O2S/c1-15(12-13-18)19(2)23(21,22)20-14-6-9-17(20)11-10-16-7-4-3-5-8-16/h3-5,7-8,10-11,15,17H,6,9,12,14H2,1-2H3/b11-10+. The zero-order valence-electron chi connectivity index (χ0n) is 13.6. The molecule has 2 rings (SSSR count). The average Bonchev–Trinajstić information content (AvgIpc) is 3.02. The molecular formula is C17H23N3O2S. The van der Waals surface area contributed by atoms with Crippen molar-refractivity contribution in [3.63, 3.8) is 0 Å². The predicted molar refractivity (Wildman–Crippen MR) is 91.6 cm³/mol. The summed E-state index contributed by atoms with van der Waals surface area (Å²) < 4.78 is 28.4. The van der Waals surface area contributed by atoms with Crippen LogP contribution < -0.4 is 0 Å². The summed E-state index contributed by atoms with van der Waals surface area (Å²) in [6.45, 7) is 2.28. The molecule has 6 heteroatoms. The van der Waals surface area contributed by atoms with Crippen molar-refractivity contribution in [2.24, 2.45) is 0 Å². The highest BCUT2D eigenvalue weighted by atomic mass is 32.2. The molecule has 23 heavy (non-hydrogen) atoms. The van der Waals surface area contributed by atoms with Crippen molar-refractivity contribution in [3.8, 4) is 6.07 Å². The second-order valence-electron chi connectivity index (χ2n) is 5.83. The number of benzene rings is 1. The first-order valence-electron chi connectivity index (χ1n) is 7.82. The summed E-state index contributed by atoms with van der Waals surface area (Å²) in [6, 6.07) is 11.4. The van der Waals surface area contributed by atoms with E-state index in [2.05, 4.69) is 0 Å². The Morgan fingerprint density at radius 3 is 2.78 bits per heavy atom. The number of hydrogen-bond donors (Lipinski definition) is 0. The van der Waals surface area contributed by atoms with E-state index in [1.54, 1.807) is 18.3 Å². The molecule has 1 heterocycles. The van der Waals surface area contributed by atoms with Crippen molar-refractivity contribution in [3.05, 3.63) is 42.0 Å². The number of hydrogen-bond acceptors (Lipinski definition) is 3. The molecular weight excluding hydrogens is 310 g/mol. The first kappa shape index (κ1) is 17.7. The molecule has 0 radical (unpaired) electrons. The molecule has 1 aliphatic rings. The highest BCUT2D eigenvalue weighted by Gasteiger charge is 2.36. The molecule has 1 saturated heterocycles. The minimum Gasteiger partial charge on any atom is -0.198 e. The van der Waals surface area contributed by atoms with Gasteiger partial charge >= 0.3 is 0 Å². The fourth-order valence-electron chi connectivity index (χ4n) is 2.68. The fraction of sp³-hybridized carbons (Fsp3) is 0.471. The molecule has 1 aromatic rings. The third kappa shape index (κ3) is 4.20. The van der Waals surface area contributed by atoms with Gasteiger partial charge in [-0.1, -0.05) is 42.5 Å². The average molecular weight is 333 g/mol. The predicted octanol–water partition coefficient (Wildman–Crippen LogP) is 2.64. The van der Waals surface area contributed by atoms with Crippen LogP contribution in [-0.4, -0.2) is 42.7 Å². The minimum absolute atomic E-state index is 0.128. The van der Waals surface area contributed by atoms with Gasteiger partial charge in [0.05, 0.1) is 12.5 Å². The highest BCUT2D eigenvalue weighted by Crippen LogP contribution is 2.25. The van der Waals surface area contributed by atoms with Crippen molar-refractivity contribution in [2.45, 2.75) is 38.3 Å². The van der Waals surface area contributed by atoms with Gasteiger partial charge in [-0.15, -0.1) is 0 Å². The second-order valence-corrected chi connectivity index (χ2v) is 7.77. The van der Waals surface area contributed by atoms with Gasteiger partial charge in [-0.3, -0.25) is 0 Å². The Hall–Kier alpha value is -1.68. The smallest absolute Gasteiger partial charge is 0.198 e. The summed E-state index contributed by atoms with van der Waals surface area (Å²) in [7, 11) is -2.00. The van der Waals surface area contributed by atoms with Gasteiger partial charge in [-0.25, -0.2) is 0 Å². The van der Waals surface area contributed by atoms with Crippen molar-refractivity contribution in [1.29, 1.82) is 5.26 Å². The third-order valence-corrected chi connectivity index (χ3v) is 6.36. The quantitative estimate of drug-likeness (QED) is 0.804. The third-order valence-electron chi connectivity index (χ3n) is 4.23. The van der Waals surface area contributed by atoms with Gasteiger partial charge in [0.15, 0.2) is 0 Å². The zero-order valence-corrected chi connectivity index (χ0v) is 14.4. The van der Waals surface area contributed by atoms with Gasteiger partial charge < -0.3 is 0 Å². The molecule has 0 bridgehead atoms. The maximum absolute atomic E-state index is 12.8. The van der Waals surface area contributed by atoms with E-state index in [1.165, 1.54) is 4.31 Å². The van der Waals surface area contributed by atoms with Crippen LogP contribution in [0.2, 0.25) is 0 Å². The second kappa shape index (κ2) is 7.73. The van der Waals surface area contributed by atoms with Crippen LogP contribution in [0.3, 0.4) is 0 Å². The molecule has 0 N–H and O–H groups in total. The largest absolute Gasteiger partial charge is 0.282 e. The van der Waals surface area contributed by atoms with Gasteiger partial charge in [0.25, 0.3) is 10.2 Å². The Bertz CT molecular complexity index is 680. The molecule has 2 atom stereocenters. The van der Waals surface area contributed by atoms with Crippen LogP contribution in [-0.2, 0) is 10.2 Å². The molecule has 0 aliphatic carbocycles. The minimum atomic E-state index is -3.55. The van der Waals surface area contributed by atoms with Gasteiger partial charge in [0.2, 0.25) is 0 Å². The van der Waals surface area contributed by atoms with Gasteiger partial charge in [0.1, 0.15) is 0 Å². The monoisotopic (exact) mass is 333 g/mol. The van der Waals surface area contributed by atoms with Gasteiger partial charge in [-0.2, -0.15) is 22.3 Å². The van der Waals surface area contributed by atoms with E-state index in [1.807, 2.05) is 48.6 Å². The summed E-state index contributed by atoms with van der Waals surface area (Å²) in [5.41, 5.74) is 1.06. The summed E-state index contributed by atoms with van der Waals surface area (Å²) in [4.78, 5) is 0. The molecule has 1 fully saturated rings. The molecule has 124 valence electrons. The Morgan fingerprint density at radius 2 is 2.13 bits per heavy atom. The SMILES string of the molecule is CC(CC#N)N(C)S(=O)(=O)N1CCCC1/C=C/c1ccccc1. The number of nitriles is 1. The lowest BCUT2D eigenvalue weighted by molar-refractivity contribution is 0.333. The van der Waals surface area contributed by atoms with Crippen LogP contribution in [0.4, 0.5) is 0 Å². The molecule has 1 aliphatic heterocycles. The van der Waals surface area contributed by atoms with Gasteiger partial charge in [0, 0.05) is 25.7 Å². The van der Waals surface area contributed by atoms with E-state index >= 15 is 0 Å². The lowest BCUT2D eigenvalue weighted by Crippen LogP contribution is -2.47. The van der Waals surface area contributed by atoms with E-state index < -0.39 is 10.2 Å². The Labute approximate surface area is 139 Å². The maximum atomic E-state index is 12.8. The van der Waals surface area contributed by atoms with Crippen LogP contribution in [0.15, 0.2) is 36.4 Å². The lowest BCUT2D eigenvalue weighted by atomic mass is 10.1. The normalized spacial score (nSPS) is 20.9. The lowest BCUT2D eigenvalue weighted by Gasteiger charge is -2.30. The Balaban J connectivity index is 2.14. The van der Waals surface area contributed by atoms with Crippen molar-refractivity contribution >= 4 is 16.3 Å². The van der Waals surface area contributed by atoms with Gasteiger partial charge in [-0.05, 0) is 25.3 Å². The van der Waals surface area contributed by atoms with E-state index in [4.69, 9.17) is 5.26 Å². The van der Waals surface area contributed by atoms with E-state index in [-0.39, 0.29) is 18.5 Å². The van der Waals surface area contributed by atoms with Crippen LogP contribution in [0.5, 0.6) is 0 Å². The summed E-state index contributed by atoms with van der Waals surface area (Å²) >= 11 is 0. The number of rotatable bonds is 6. The van der Waals surface area contributed by atoms with E-state index in [0.717, 1.165) is 18.4 Å². The summed E-state index contributed by atoms with van der Waals surface area (Å²) in [6.07, 6.45) is 5.79. The summed E-state index contributed by atoms with van der Waals surface area (Å²) in [5.74, 6) is 0. The molecule has 1 aromatic carbocycles. The first-order valence-corrected chi connectivity index (χ1v) is 9.21. The molecule has 2 unspecified atom stereocenters. The highest BCUT2D eigenvalue weighted by molar-refractivity contribution is 7.86. The van der Waals surface area contributed by atoms with Crippen LogP contribution in [0, 0.1) is 11.3 Å². The summed E-state index contributed by atoms with van der Waals surface area (Å²) in [5, 5.41) is 8.78. The topological polar surface area (TPSA) is 64.4 Å². The fourth-order valence-corrected chi connectivity index (χ4v) is 4.42. The van der Waals surface area contributed by atoms with Crippen LogP contribution in [0.25, 0.3) is 6.08 Å². The Kier molecular flexibility index (Phi) is 5.94. The van der Waals surface area contributed by atoms with E-state index in [9.17, 15) is 8.42 Å². The van der Waals surface area contributed by atoms with Crippen LogP contribution in [0.1, 0.15) is 31.7 Å². The zero-order chi connectivity index (χ0) is 16.9. The van der Waals surface area contributed by atoms with Crippen molar-refractivity contribution in [1.82, 2.24) is 8.61 Å². The van der Waals surface area contributed by atoms with Crippen LogP contribution >= 0.6 is 0 Å². The molecule has 0 amide bonds.